The SMILES string of the molecule is O=C1C[C@H](c2cc(F)ccc2F)N(c2ccn3ncc(NC(=S)NC4CC4(F)F)c3n2)C1. The van der Waals surface area contributed by atoms with Gasteiger partial charge in [-0.2, -0.15) is 5.10 Å². The number of anilines is 2. The number of halogens is 4. The molecule has 32 heavy (non-hydrogen) atoms. The molecule has 166 valence electrons. The smallest absolute Gasteiger partial charge is 0.270 e. The fourth-order valence-corrected chi connectivity index (χ4v) is 4.03. The number of carbonyl (C=O) groups excluding carboxylic acids is 1. The van der Waals surface area contributed by atoms with Gasteiger partial charge in [-0.25, -0.2) is 27.1 Å². The van der Waals surface area contributed by atoms with Crippen LogP contribution in [0.1, 0.15) is 24.4 Å². The summed E-state index contributed by atoms with van der Waals surface area (Å²) in [5.41, 5.74) is 0.763. The number of hydrogen-bond acceptors (Lipinski definition) is 5. The Bertz CT molecular complexity index is 1250. The van der Waals surface area contributed by atoms with Gasteiger partial charge in [0, 0.05) is 24.6 Å². The molecule has 3 heterocycles. The number of benzene rings is 1. The summed E-state index contributed by atoms with van der Waals surface area (Å²) in [4.78, 5) is 18.3. The molecule has 0 bridgehead atoms. The highest BCUT2D eigenvalue weighted by Crippen LogP contribution is 2.41. The average Bonchev–Trinajstić information content (AvgIpc) is 3.06. The van der Waals surface area contributed by atoms with Crippen LogP contribution in [0.5, 0.6) is 0 Å². The molecule has 5 rings (SSSR count). The van der Waals surface area contributed by atoms with Crippen LogP contribution in [0.15, 0.2) is 36.7 Å². The second kappa shape index (κ2) is 7.40. The zero-order valence-corrected chi connectivity index (χ0v) is 17.2. The topological polar surface area (TPSA) is 74.6 Å². The summed E-state index contributed by atoms with van der Waals surface area (Å²) in [5, 5.41) is 9.49. The lowest BCUT2D eigenvalue weighted by Gasteiger charge is -2.25. The van der Waals surface area contributed by atoms with Crippen LogP contribution in [0.25, 0.3) is 5.65 Å². The number of thiocarbonyl (C=S) groups is 1. The molecule has 1 saturated heterocycles. The van der Waals surface area contributed by atoms with Gasteiger partial charge in [0.15, 0.2) is 16.5 Å². The maximum Gasteiger partial charge on any atom is 0.270 e. The first-order chi connectivity index (χ1) is 15.2. The van der Waals surface area contributed by atoms with E-state index in [-0.39, 0.29) is 35.8 Å². The van der Waals surface area contributed by atoms with Gasteiger partial charge in [0.25, 0.3) is 5.92 Å². The van der Waals surface area contributed by atoms with Crippen LogP contribution < -0.4 is 15.5 Å². The fourth-order valence-electron chi connectivity index (χ4n) is 3.77. The maximum absolute atomic E-state index is 14.4. The zero-order chi connectivity index (χ0) is 22.6. The number of hydrogen-bond donors (Lipinski definition) is 2. The van der Waals surface area contributed by atoms with Crippen LogP contribution in [0.4, 0.5) is 29.1 Å². The molecule has 2 aromatic heterocycles. The predicted octanol–water partition coefficient (Wildman–Crippen LogP) is 3.22. The molecule has 7 nitrogen and oxygen atoms in total. The van der Waals surface area contributed by atoms with Crippen molar-refractivity contribution in [1.29, 1.82) is 0 Å². The normalized spacial score (nSPS) is 21.8. The molecule has 1 aliphatic carbocycles. The molecular weight excluding hydrogens is 448 g/mol. The second-order valence-electron chi connectivity index (χ2n) is 7.78. The molecule has 12 heteroatoms. The summed E-state index contributed by atoms with van der Waals surface area (Å²) in [6, 6.07) is 3.00. The second-order valence-corrected chi connectivity index (χ2v) is 8.19. The Labute approximate surface area is 184 Å². The van der Waals surface area contributed by atoms with Gasteiger partial charge in [-0.15, -0.1) is 0 Å². The van der Waals surface area contributed by atoms with Crippen molar-refractivity contribution >= 4 is 40.3 Å². The van der Waals surface area contributed by atoms with Gasteiger partial charge in [0.2, 0.25) is 0 Å². The highest BCUT2D eigenvalue weighted by atomic mass is 32.1. The van der Waals surface area contributed by atoms with Crippen molar-refractivity contribution < 1.29 is 22.4 Å². The monoisotopic (exact) mass is 464 g/mol. The van der Waals surface area contributed by atoms with Gasteiger partial charge in [-0.05, 0) is 36.5 Å². The minimum atomic E-state index is -2.78. The number of fused-ring (bicyclic) bond motifs is 1. The molecule has 2 aliphatic rings. The Kier molecular flexibility index (Phi) is 4.77. The Hall–Kier alpha value is -3.28. The zero-order valence-electron chi connectivity index (χ0n) is 16.4. The molecular formula is C20H16F4N6OS. The Morgan fingerprint density at radius 2 is 2.03 bits per heavy atom. The first-order valence-electron chi connectivity index (χ1n) is 9.74. The summed E-state index contributed by atoms with van der Waals surface area (Å²) < 4.78 is 55.8. The third kappa shape index (κ3) is 3.74. The summed E-state index contributed by atoms with van der Waals surface area (Å²) in [6.45, 7) is -0.0164. The molecule has 3 aromatic rings. The van der Waals surface area contributed by atoms with Crippen LogP contribution in [-0.4, -0.2) is 44.0 Å². The Morgan fingerprint density at radius 3 is 2.78 bits per heavy atom. The first kappa shape index (κ1) is 20.6. The van der Waals surface area contributed by atoms with E-state index in [4.69, 9.17) is 12.2 Å². The number of Topliss-reactive ketones (excluding diaryl/α,β-unsaturated/α-hetero) is 1. The number of nitrogens with zero attached hydrogens (tertiary/aromatic N) is 4. The number of carbonyl (C=O) groups is 1. The van der Waals surface area contributed by atoms with E-state index in [2.05, 4.69) is 20.7 Å². The molecule has 0 amide bonds. The van der Waals surface area contributed by atoms with Crippen molar-refractivity contribution in [3.8, 4) is 0 Å². The molecule has 1 unspecified atom stereocenters. The molecule has 2 atom stereocenters. The van der Waals surface area contributed by atoms with Gasteiger partial charge in [0.05, 0.1) is 24.8 Å². The minimum absolute atomic E-state index is 0.00494. The lowest BCUT2D eigenvalue weighted by Crippen LogP contribution is -2.33. The largest absolute Gasteiger partial charge is 0.353 e. The van der Waals surface area contributed by atoms with E-state index >= 15 is 0 Å². The maximum atomic E-state index is 14.4. The quantitative estimate of drug-likeness (QED) is 0.454. The molecule has 1 saturated carbocycles. The number of nitrogens with one attached hydrogen (secondary N) is 2. The molecule has 1 aromatic carbocycles. The van der Waals surface area contributed by atoms with Crippen LogP contribution in [0, 0.1) is 11.6 Å². The molecule has 0 radical (unpaired) electrons. The van der Waals surface area contributed by atoms with Crippen LogP contribution in [-0.2, 0) is 4.79 Å². The van der Waals surface area contributed by atoms with Crippen LogP contribution in [0.2, 0.25) is 0 Å². The van der Waals surface area contributed by atoms with Crippen molar-refractivity contribution in [2.24, 2.45) is 0 Å². The summed E-state index contributed by atoms with van der Waals surface area (Å²) in [6.07, 6.45) is 2.76. The Balaban J connectivity index is 1.43. The molecule has 2 fully saturated rings. The van der Waals surface area contributed by atoms with Crippen molar-refractivity contribution in [1.82, 2.24) is 19.9 Å². The first-order valence-corrected chi connectivity index (χ1v) is 10.1. The van der Waals surface area contributed by atoms with Gasteiger partial charge in [0.1, 0.15) is 23.1 Å². The van der Waals surface area contributed by atoms with Gasteiger partial charge in [-0.3, -0.25) is 4.79 Å². The van der Waals surface area contributed by atoms with E-state index in [1.165, 1.54) is 10.7 Å². The summed E-state index contributed by atoms with van der Waals surface area (Å²) in [7, 11) is 0. The highest BCUT2D eigenvalue weighted by Gasteiger charge is 2.57. The summed E-state index contributed by atoms with van der Waals surface area (Å²) >= 11 is 5.10. The van der Waals surface area contributed by atoms with Crippen molar-refractivity contribution in [2.45, 2.75) is 30.8 Å². The molecule has 0 spiro atoms. The van der Waals surface area contributed by atoms with Crippen LogP contribution in [0.3, 0.4) is 0 Å². The number of alkyl halides is 2. The standard InChI is InChI=1S/C20H16F4N6OS/c21-10-1-2-13(22)12(5-10)15-6-11(31)9-29(15)17-3-4-30-18(28-17)14(8-25-30)26-19(32)27-16-7-20(16,23)24/h1-5,8,15-16H,6-7,9H2,(H2,26,27,32)/t15-,16?/m1/s1. The van der Waals surface area contributed by atoms with Crippen molar-refractivity contribution in [2.75, 3.05) is 16.8 Å². The lowest BCUT2D eigenvalue weighted by molar-refractivity contribution is -0.116. The summed E-state index contributed by atoms with van der Waals surface area (Å²) in [5.74, 6) is -3.77. The number of rotatable bonds is 4. The van der Waals surface area contributed by atoms with Gasteiger partial charge < -0.3 is 15.5 Å². The third-order valence-corrected chi connectivity index (χ3v) is 5.71. The molecule has 2 N–H and O–H groups in total. The number of ketones is 1. The van der Waals surface area contributed by atoms with E-state index in [1.54, 1.807) is 17.2 Å². The van der Waals surface area contributed by atoms with E-state index in [0.717, 1.165) is 18.2 Å². The van der Waals surface area contributed by atoms with Crippen LogP contribution >= 0.6 is 12.2 Å². The Morgan fingerprint density at radius 1 is 1.25 bits per heavy atom. The van der Waals surface area contributed by atoms with E-state index in [1.807, 2.05) is 0 Å². The molecule has 1 aliphatic heterocycles. The minimum Gasteiger partial charge on any atom is -0.353 e. The average molecular weight is 464 g/mol. The van der Waals surface area contributed by atoms with Crippen molar-refractivity contribution in [3.63, 3.8) is 0 Å². The predicted molar refractivity (Wildman–Crippen MR) is 112 cm³/mol. The van der Waals surface area contributed by atoms with E-state index in [0.29, 0.717) is 17.2 Å². The van der Waals surface area contributed by atoms with E-state index < -0.39 is 29.6 Å². The van der Waals surface area contributed by atoms with Crippen molar-refractivity contribution in [3.05, 3.63) is 53.9 Å². The lowest BCUT2D eigenvalue weighted by atomic mass is 10.0. The van der Waals surface area contributed by atoms with Gasteiger partial charge >= 0.3 is 0 Å². The van der Waals surface area contributed by atoms with E-state index in [9.17, 15) is 22.4 Å². The van der Waals surface area contributed by atoms with Gasteiger partial charge in [-0.1, -0.05) is 0 Å². The fraction of sp³-hybridized carbons (Fsp3) is 0.300. The third-order valence-electron chi connectivity index (χ3n) is 5.49. The highest BCUT2D eigenvalue weighted by molar-refractivity contribution is 7.80. The number of aromatic nitrogens is 3.